The van der Waals surface area contributed by atoms with Gasteiger partial charge >= 0.3 is 0 Å². The molecule has 1 heterocycles. The van der Waals surface area contributed by atoms with Crippen molar-refractivity contribution in [2.45, 2.75) is 24.8 Å². The first-order valence-corrected chi connectivity index (χ1v) is 7.94. The second-order valence-electron chi connectivity index (χ2n) is 5.85. The molecule has 1 saturated heterocycles. The molecule has 2 N–H and O–H groups in total. The molecule has 2 aromatic carbocycles. The van der Waals surface area contributed by atoms with Gasteiger partial charge < -0.3 is 5.73 Å². The summed E-state index contributed by atoms with van der Waals surface area (Å²) in [5.74, 6) is 0.357. The van der Waals surface area contributed by atoms with E-state index in [1.165, 1.54) is 37.1 Å². The number of hydrogen-bond donors (Lipinski definition) is 1. The van der Waals surface area contributed by atoms with Crippen molar-refractivity contribution in [2.24, 2.45) is 5.73 Å². The minimum absolute atomic E-state index is 0.357. The van der Waals surface area contributed by atoms with E-state index in [2.05, 4.69) is 65.6 Å². The van der Waals surface area contributed by atoms with Crippen LogP contribution in [-0.4, -0.2) is 30.6 Å². The summed E-state index contributed by atoms with van der Waals surface area (Å²) in [5.41, 5.74) is 8.92. The summed E-state index contributed by atoms with van der Waals surface area (Å²) in [4.78, 5) is 2.57. The van der Waals surface area contributed by atoms with Gasteiger partial charge in [-0.1, -0.05) is 60.7 Å². The third-order valence-corrected chi connectivity index (χ3v) is 4.55. The molecule has 0 bridgehead atoms. The van der Waals surface area contributed by atoms with E-state index < -0.39 is 0 Å². The lowest BCUT2D eigenvalue weighted by molar-refractivity contribution is 0.228. The maximum atomic E-state index is 6.19. The van der Waals surface area contributed by atoms with Crippen molar-refractivity contribution in [3.05, 3.63) is 71.8 Å². The fourth-order valence-electron chi connectivity index (χ4n) is 3.53. The molecule has 1 aliphatic rings. The highest BCUT2D eigenvalue weighted by Crippen LogP contribution is 2.32. The van der Waals surface area contributed by atoms with Crippen molar-refractivity contribution >= 4 is 0 Å². The first-order chi connectivity index (χ1) is 10.4. The van der Waals surface area contributed by atoms with E-state index in [0.717, 1.165) is 0 Å². The van der Waals surface area contributed by atoms with E-state index in [-0.39, 0.29) is 0 Å². The molecule has 0 saturated carbocycles. The van der Waals surface area contributed by atoms with Crippen LogP contribution in [0.1, 0.15) is 29.9 Å². The summed E-state index contributed by atoms with van der Waals surface area (Å²) in [6.45, 7) is 3.06. The number of rotatable bonds is 5. The van der Waals surface area contributed by atoms with Gasteiger partial charge in [-0.2, -0.15) is 0 Å². The Hall–Kier alpha value is -1.64. The Morgan fingerprint density at radius 2 is 1.29 bits per heavy atom. The Labute approximate surface area is 127 Å². The summed E-state index contributed by atoms with van der Waals surface area (Å²) in [7, 11) is 0. The van der Waals surface area contributed by atoms with E-state index in [1.54, 1.807) is 0 Å². The van der Waals surface area contributed by atoms with Crippen LogP contribution in [0.2, 0.25) is 0 Å². The number of nitrogens with two attached hydrogens (primary N) is 1. The van der Waals surface area contributed by atoms with Crippen LogP contribution in [0.25, 0.3) is 0 Å². The Kier molecular flexibility index (Phi) is 4.69. The van der Waals surface area contributed by atoms with E-state index in [9.17, 15) is 0 Å². The smallest absolute Gasteiger partial charge is 0.0327 e. The lowest BCUT2D eigenvalue weighted by atomic mass is 9.84. The first kappa shape index (κ1) is 14.3. The van der Waals surface area contributed by atoms with Gasteiger partial charge in [0.2, 0.25) is 0 Å². The highest BCUT2D eigenvalue weighted by molar-refractivity contribution is 5.34. The molecule has 0 aromatic heterocycles. The molecular weight excluding hydrogens is 256 g/mol. The predicted molar refractivity (Wildman–Crippen MR) is 88.4 cm³/mol. The van der Waals surface area contributed by atoms with Gasteiger partial charge in [0.15, 0.2) is 0 Å². The Morgan fingerprint density at radius 3 is 1.71 bits per heavy atom. The molecule has 1 fully saturated rings. The highest BCUT2D eigenvalue weighted by Gasteiger charge is 2.30. The monoisotopic (exact) mass is 280 g/mol. The van der Waals surface area contributed by atoms with Crippen LogP contribution < -0.4 is 5.73 Å². The molecule has 0 spiro atoms. The van der Waals surface area contributed by atoms with Crippen molar-refractivity contribution in [1.82, 2.24) is 4.90 Å². The lowest BCUT2D eigenvalue weighted by Crippen LogP contribution is -2.43. The zero-order valence-electron chi connectivity index (χ0n) is 12.5. The van der Waals surface area contributed by atoms with Crippen molar-refractivity contribution < 1.29 is 0 Å². The zero-order chi connectivity index (χ0) is 14.5. The Balaban J connectivity index is 1.98. The predicted octanol–water partition coefficient (Wildman–Crippen LogP) is 3.24. The van der Waals surface area contributed by atoms with Gasteiger partial charge in [-0.05, 0) is 37.1 Å². The molecule has 2 aromatic rings. The maximum absolute atomic E-state index is 6.19. The molecule has 2 nitrogen and oxygen atoms in total. The van der Waals surface area contributed by atoms with E-state index >= 15 is 0 Å². The van der Waals surface area contributed by atoms with Gasteiger partial charge in [0.1, 0.15) is 0 Å². The number of nitrogens with zero attached hydrogens (tertiary/aromatic N) is 1. The molecule has 3 rings (SSSR count). The minimum Gasteiger partial charge on any atom is -0.329 e. The van der Waals surface area contributed by atoms with Crippen LogP contribution in [0.3, 0.4) is 0 Å². The van der Waals surface area contributed by atoms with Crippen LogP contribution >= 0.6 is 0 Å². The molecule has 1 atom stereocenters. The Morgan fingerprint density at radius 1 is 0.810 bits per heavy atom. The third kappa shape index (κ3) is 3.17. The van der Waals surface area contributed by atoms with Crippen LogP contribution in [0.15, 0.2) is 60.7 Å². The van der Waals surface area contributed by atoms with E-state index in [1.807, 2.05) is 0 Å². The van der Waals surface area contributed by atoms with Crippen LogP contribution in [0.4, 0.5) is 0 Å². The fraction of sp³-hybridized carbons (Fsp3) is 0.368. The molecule has 2 heteroatoms. The number of benzene rings is 2. The van der Waals surface area contributed by atoms with Gasteiger partial charge in [-0.3, -0.25) is 4.90 Å². The van der Waals surface area contributed by atoms with Crippen molar-refractivity contribution in [3.63, 3.8) is 0 Å². The molecule has 0 amide bonds. The van der Waals surface area contributed by atoms with Crippen molar-refractivity contribution in [3.8, 4) is 0 Å². The summed E-state index contributed by atoms with van der Waals surface area (Å²) < 4.78 is 0. The summed E-state index contributed by atoms with van der Waals surface area (Å²) in [6.07, 6.45) is 2.60. The van der Waals surface area contributed by atoms with Crippen LogP contribution in [-0.2, 0) is 0 Å². The van der Waals surface area contributed by atoms with E-state index in [0.29, 0.717) is 18.5 Å². The average molecular weight is 280 g/mol. The Bertz CT molecular complexity index is 493. The van der Waals surface area contributed by atoms with Gasteiger partial charge in [0.25, 0.3) is 0 Å². The lowest BCUT2D eigenvalue weighted by Gasteiger charge is -2.34. The molecule has 0 aliphatic carbocycles. The maximum Gasteiger partial charge on any atom is 0.0327 e. The van der Waals surface area contributed by atoms with Gasteiger partial charge in [-0.25, -0.2) is 0 Å². The molecule has 1 aliphatic heterocycles. The quantitative estimate of drug-likeness (QED) is 0.911. The largest absolute Gasteiger partial charge is 0.329 e. The first-order valence-electron chi connectivity index (χ1n) is 7.94. The van der Waals surface area contributed by atoms with Gasteiger partial charge in [0, 0.05) is 18.5 Å². The number of hydrogen-bond acceptors (Lipinski definition) is 2. The summed E-state index contributed by atoms with van der Waals surface area (Å²) >= 11 is 0. The zero-order valence-corrected chi connectivity index (χ0v) is 12.5. The van der Waals surface area contributed by atoms with Crippen molar-refractivity contribution in [1.29, 1.82) is 0 Å². The highest BCUT2D eigenvalue weighted by atomic mass is 15.2. The molecule has 21 heavy (non-hydrogen) atoms. The fourth-order valence-corrected chi connectivity index (χ4v) is 3.53. The normalized spacial score (nSPS) is 17.2. The SMILES string of the molecule is NCC(C(c1ccccc1)c1ccccc1)N1CCCC1. The average Bonchev–Trinajstić information content (AvgIpc) is 3.08. The number of likely N-dealkylation sites (tertiary alicyclic amines) is 1. The third-order valence-electron chi connectivity index (χ3n) is 4.55. The van der Waals surface area contributed by atoms with Crippen molar-refractivity contribution in [2.75, 3.05) is 19.6 Å². The van der Waals surface area contributed by atoms with Gasteiger partial charge in [0.05, 0.1) is 0 Å². The second-order valence-corrected chi connectivity index (χ2v) is 5.85. The standard InChI is InChI=1S/C19H24N2/c20-15-18(21-13-7-8-14-21)19(16-9-3-1-4-10-16)17-11-5-2-6-12-17/h1-6,9-12,18-19H,7-8,13-15,20H2. The van der Waals surface area contributed by atoms with E-state index in [4.69, 9.17) is 5.73 Å². The minimum atomic E-state index is 0.357. The van der Waals surface area contributed by atoms with Gasteiger partial charge in [-0.15, -0.1) is 0 Å². The van der Waals surface area contributed by atoms with Crippen LogP contribution in [0.5, 0.6) is 0 Å². The summed E-state index contributed by atoms with van der Waals surface area (Å²) in [6, 6.07) is 22.0. The topological polar surface area (TPSA) is 29.3 Å². The molecule has 0 radical (unpaired) electrons. The molecule has 110 valence electrons. The molecule has 1 unspecified atom stereocenters. The molecular formula is C19H24N2. The second kappa shape index (κ2) is 6.88. The summed E-state index contributed by atoms with van der Waals surface area (Å²) in [5, 5.41) is 0. The van der Waals surface area contributed by atoms with Crippen LogP contribution in [0, 0.1) is 0 Å².